The summed E-state index contributed by atoms with van der Waals surface area (Å²) in [6, 6.07) is 8.18. The number of alkyl halides is 3. The van der Waals surface area contributed by atoms with Crippen LogP contribution in [0.5, 0.6) is 0 Å². The summed E-state index contributed by atoms with van der Waals surface area (Å²) in [5.41, 5.74) is 0.939. The molecule has 0 aromatic heterocycles. The van der Waals surface area contributed by atoms with Crippen LogP contribution < -0.4 is 10.6 Å². The zero-order valence-corrected chi connectivity index (χ0v) is 11.9. The average molecular weight is 304 g/mol. The van der Waals surface area contributed by atoms with Crippen molar-refractivity contribution in [3.63, 3.8) is 0 Å². The van der Waals surface area contributed by atoms with Gasteiger partial charge in [-0.2, -0.15) is 13.2 Å². The highest BCUT2D eigenvalue weighted by Crippen LogP contribution is 2.14. The maximum Gasteiger partial charge on any atom is 0.411 e. The Morgan fingerprint density at radius 3 is 2.38 bits per heavy atom. The van der Waals surface area contributed by atoms with E-state index in [0.717, 1.165) is 5.56 Å². The van der Waals surface area contributed by atoms with Gasteiger partial charge in [0.25, 0.3) is 0 Å². The molecular formula is C14H19F3N2O2. The minimum atomic E-state index is -4.36. The molecule has 1 rings (SSSR count). The molecule has 1 aromatic carbocycles. The molecule has 1 aromatic rings. The van der Waals surface area contributed by atoms with Crippen LogP contribution in [0.15, 0.2) is 30.3 Å². The first-order valence-electron chi connectivity index (χ1n) is 6.54. The van der Waals surface area contributed by atoms with E-state index in [2.05, 4.69) is 15.4 Å². The monoisotopic (exact) mass is 304 g/mol. The van der Waals surface area contributed by atoms with Gasteiger partial charge >= 0.3 is 12.2 Å². The number of ether oxygens (including phenoxy) is 1. The number of rotatable bonds is 6. The van der Waals surface area contributed by atoms with Crippen molar-refractivity contribution >= 4 is 6.03 Å². The lowest BCUT2D eigenvalue weighted by Crippen LogP contribution is -2.43. The van der Waals surface area contributed by atoms with Crippen LogP contribution in [0.3, 0.4) is 0 Å². The van der Waals surface area contributed by atoms with Crippen molar-refractivity contribution in [2.45, 2.75) is 32.1 Å². The van der Waals surface area contributed by atoms with Crippen LogP contribution in [0.25, 0.3) is 0 Å². The molecule has 2 unspecified atom stereocenters. The fraction of sp³-hybridized carbons (Fsp3) is 0.500. The lowest BCUT2D eigenvalue weighted by atomic mass is 10.1. The van der Waals surface area contributed by atoms with Gasteiger partial charge in [0.05, 0.1) is 18.7 Å². The highest BCUT2D eigenvalue weighted by Gasteiger charge is 2.27. The van der Waals surface area contributed by atoms with Crippen molar-refractivity contribution in [3.05, 3.63) is 35.9 Å². The number of nitrogens with one attached hydrogen (secondary N) is 2. The number of benzene rings is 1. The van der Waals surface area contributed by atoms with Gasteiger partial charge in [-0.1, -0.05) is 30.3 Å². The molecule has 2 atom stereocenters. The first kappa shape index (κ1) is 17.3. The Hall–Kier alpha value is -1.76. The minimum Gasteiger partial charge on any atom is -0.370 e. The largest absolute Gasteiger partial charge is 0.411 e. The molecule has 0 saturated carbocycles. The fourth-order valence-corrected chi connectivity index (χ4v) is 1.68. The lowest BCUT2D eigenvalue weighted by Gasteiger charge is -2.19. The van der Waals surface area contributed by atoms with Gasteiger partial charge in [-0.05, 0) is 19.4 Å². The normalized spacial score (nSPS) is 14.3. The van der Waals surface area contributed by atoms with Crippen molar-refractivity contribution in [1.29, 1.82) is 0 Å². The van der Waals surface area contributed by atoms with Gasteiger partial charge < -0.3 is 15.4 Å². The third-order valence-corrected chi connectivity index (χ3v) is 2.66. The number of urea groups is 1. The Morgan fingerprint density at radius 2 is 1.81 bits per heavy atom. The van der Waals surface area contributed by atoms with Gasteiger partial charge in [0.1, 0.15) is 6.61 Å². The summed E-state index contributed by atoms with van der Waals surface area (Å²) < 4.78 is 40.2. The van der Waals surface area contributed by atoms with Crippen LogP contribution >= 0.6 is 0 Å². The number of hydrogen-bond donors (Lipinski definition) is 2. The van der Waals surface area contributed by atoms with Gasteiger partial charge in [0.2, 0.25) is 0 Å². The third-order valence-electron chi connectivity index (χ3n) is 2.66. The predicted molar refractivity (Wildman–Crippen MR) is 72.9 cm³/mol. The smallest absolute Gasteiger partial charge is 0.370 e. The molecule has 2 N–H and O–H groups in total. The number of amides is 2. The second-order valence-electron chi connectivity index (χ2n) is 4.78. The topological polar surface area (TPSA) is 50.4 Å². The molecule has 0 aliphatic carbocycles. The second kappa shape index (κ2) is 7.87. The molecule has 0 fully saturated rings. The third kappa shape index (κ3) is 7.55. The molecule has 0 aliphatic rings. The second-order valence-corrected chi connectivity index (χ2v) is 4.78. The standard InChI is InChI=1S/C14H19F3N2O2/c1-10(8-21-9-14(15,16)17)18-13(20)19-11(2)12-6-4-3-5-7-12/h3-7,10-11H,8-9H2,1-2H3,(H2,18,19,20). The van der Waals surface area contributed by atoms with Crippen molar-refractivity contribution in [1.82, 2.24) is 10.6 Å². The van der Waals surface area contributed by atoms with E-state index in [1.54, 1.807) is 6.92 Å². The summed E-state index contributed by atoms with van der Waals surface area (Å²) in [5.74, 6) is 0. The molecule has 7 heteroatoms. The quantitative estimate of drug-likeness (QED) is 0.849. The van der Waals surface area contributed by atoms with E-state index in [1.807, 2.05) is 37.3 Å². The molecule has 4 nitrogen and oxygen atoms in total. The first-order valence-corrected chi connectivity index (χ1v) is 6.54. The molecule has 118 valence electrons. The highest BCUT2D eigenvalue weighted by atomic mass is 19.4. The van der Waals surface area contributed by atoms with Gasteiger partial charge in [-0.25, -0.2) is 4.79 Å². The molecule has 2 amide bonds. The fourth-order valence-electron chi connectivity index (χ4n) is 1.68. The highest BCUT2D eigenvalue weighted by molar-refractivity contribution is 5.74. The molecule has 0 radical (unpaired) electrons. The summed E-state index contributed by atoms with van der Waals surface area (Å²) in [7, 11) is 0. The van der Waals surface area contributed by atoms with Crippen molar-refractivity contribution in [2.75, 3.05) is 13.2 Å². The number of carbonyl (C=O) groups excluding carboxylic acids is 1. The van der Waals surface area contributed by atoms with Crippen LogP contribution in [0.2, 0.25) is 0 Å². The van der Waals surface area contributed by atoms with Crippen LogP contribution in [0.1, 0.15) is 25.5 Å². The molecular weight excluding hydrogens is 285 g/mol. The van der Waals surface area contributed by atoms with Gasteiger partial charge in [0.15, 0.2) is 0 Å². The van der Waals surface area contributed by atoms with Crippen molar-refractivity contribution in [2.24, 2.45) is 0 Å². The zero-order valence-electron chi connectivity index (χ0n) is 11.9. The Bertz CT molecular complexity index is 438. The Balaban J connectivity index is 2.30. The van der Waals surface area contributed by atoms with E-state index < -0.39 is 24.9 Å². The van der Waals surface area contributed by atoms with E-state index in [1.165, 1.54) is 0 Å². The maximum atomic E-state index is 11.9. The van der Waals surface area contributed by atoms with Gasteiger partial charge in [-0.15, -0.1) is 0 Å². The summed E-state index contributed by atoms with van der Waals surface area (Å²) in [5, 5.41) is 5.23. The Morgan fingerprint density at radius 1 is 1.19 bits per heavy atom. The Kier molecular flexibility index (Phi) is 6.48. The molecule has 0 heterocycles. The van der Waals surface area contributed by atoms with Crippen LogP contribution in [0.4, 0.5) is 18.0 Å². The molecule has 0 bridgehead atoms. The Labute approximate surface area is 121 Å². The summed E-state index contributed by atoms with van der Waals surface area (Å²) in [4.78, 5) is 11.7. The van der Waals surface area contributed by atoms with E-state index in [-0.39, 0.29) is 12.6 Å². The number of hydrogen-bond acceptors (Lipinski definition) is 2. The summed E-state index contributed by atoms with van der Waals surface area (Å²) >= 11 is 0. The zero-order chi connectivity index (χ0) is 15.9. The molecule has 0 saturated heterocycles. The van der Waals surface area contributed by atoms with Crippen LogP contribution in [-0.2, 0) is 4.74 Å². The van der Waals surface area contributed by atoms with Crippen molar-refractivity contribution < 1.29 is 22.7 Å². The predicted octanol–water partition coefficient (Wildman–Crippen LogP) is 3.01. The van der Waals surface area contributed by atoms with Gasteiger partial charge in [0, 0.05) is 0 Å². The maximum absolute atomic E-state index is 11.9. The molecule has 0 spiro atoms. The number of halogens is 3. The first-order chi connectivity index (χ1) is 9.78. The van der Waals surface area contributed by atoms with Crippen LogP contribution in [-0.4, -0.2) is 31.5 Å². The van der Waals surface area contributed by atoms with E-state index in [4.69, 9.17) is 0 Å². The van der Waals surface area contributed by atoms with E-state index in [0.29, 0.717) is 0 Å². The van der Waals surface area contributed by atoms with Crippen LogP contribution in [0, 0.1) is 0 Å². The van der Waals surface area contributed by atoms with E-state index in [9.17, 15) is 18.0 Å². The molecule has 21 heavy (non-hydrogen) atoms. The summed E-state index contributed by atoms with van der Waals surface area (Å²) in [6.07, 6.45) is -4.36. The summed E-state index contributed by atoms with van der Waals surface area (Å²) in [6.45, 7) is 1.87. The lowest BCUT2D eigenvalue weighted by molar-refractivity contribution is -0.174. The van der Waals surface area contributed by atoms with E-state index >= 15 is 0 Å². The van der Waals surface area contributed by atoms with Gasteiger partial charge in [-0.3, -0.25) is 0 Å². The minimum absolute atomic E-state index is 0.200. The van der Waals surface area contributed by atoms with Crippen molar-refractivity contribution in [3.8, 4) is 0 Å². The average Bonchev–Trinajstić information content (AvgIpc) is 2.37. The number of carbonyl (C=O) groups is 1. The molecule has 0 aliphatic heterocycles. The SMILES string of the molecule is CC(COCC(F)(F)F)NC(=O)NC(C)c1ccccc1.